The van der Waals surface area contributed by atoms with Gasteiger partial charge in [0.2, 0.25) is 5.78 Å². The second-order valence-corrected chi connectivity index (χ2v) is 4.54. The van der Waals surface area contributed by atoms with Crippen LogP contribution in [-0.2, 0) is 6.54 Å². The van der Waals surface area contributed by atoms with Crippen LogP contribution in [0.3, 0.4) is 0 Å². The minimum atomic E-state index is -0.137. The Balaban J connectivity index is 2.47. The van der Waals surface area contributed by atoms with Gasteiger partial charge in [0.1, 0.15) is 5.75 Å². The first kappa shape index (κ1) is 15.1. The van der Waals surface area contributed by atoms with Crippen LogP contribution in [-0.4, -0.2) is 29.3 Å². The second kappa shape index (κ2) is 6.92. The fraction of sp³-hybridized carbons (Fsp3) is 0.375. The van der Waals surface area contributed by atoms with Gasteiger partial charge in [0.15, 0.2) is 11.4 Å². The van der Waals surface area contributed by atoms with Crippen molar-refractivity contribution >= 4 is 5.78 Å². The van der Waals surface area contributed by atoms with Crippen molar-refractivity contribution in [1.82, 2.24) is 9.78 Å². The van der Waals surface area contributed by atoms with Gasteiger partial charge in [0.05, 0.1) is 25.5 Å². The lowest BCUT2D eigenvalue weighted by Gasteiger charge is -2.11. The number of para-hydroxylation sites is 1. The van der Waals surface area contributed by atoms with E-state index in [1.165, 1.54) is 0 Å². The molecule has 0 aliphatic rings. The summed E-state index contributed by atoms with van der Waals surface area (Å²) in [5.74, 6) is 0.929. The Labute approximate surface area is 124 Å². The van der Waals surface area contributed by atoms with Crippen LogP contribution in [0.1, 0.15) is 36.3 Å². The Morgan fingerprint density at radius 3 is 2.67 bits per heavy atom. The van der Waals surface area contributed by atoms with Crippen LogP contribution in [0.15, 0.2) is 30.5 Å². The maximum absolute atomic E-state index is 12.9. The predicted molar refractivity (Wildman–Crippen MR) is 80.1 cm³/mol. The molecule has 1 heterocycles. The first-order chi connectivity index (χ1) is 10.2. The standard InChI is InChI=1S/C16H20N2O3/c1-4-10-18-15(14(20-3)11-17-18)16(19)12-8-6-7-9-13(12)21-5-2/h6-9,11H,4-5,10H2,1-3H3. The summed E-state index contributed by atoms with van der Waals surface area (Å²) >= 11 is 0. The summed E-state index contributed by atoms with van der Waals surface area (Å²) in [6.07, 6.45) is 2.46. The van der Waals surface area contributed by atoms with Crippen molar-refractivity contribution < 1.29 is 14.3 Å². The largest absolute Gasteiger partial charge is 0.493 e. The van der Waals surface area contributed by atoms with E-state index in [0.717, 1.165) is 6.42 Å². The van der Waals surface area contributed by atoms with Crippen molar-refractivity contribution in [3.63, 3.8) is 0 Å². The molecule has 0 fully saturated rings. The number of aryl methyl sites for hydroxylation is 1. The molecule has 112 valence electrons. The molecule has 21 heavy (non-hydrogen) atoms. The Morgan fingerprint density at radius 2 is 2.00 bits per heavy atom. The molecule has 0 saturated carbocycles. The number of carbonyl (C=O) groups excluding carboxylic acids is 1. The lowest BCUT2D eigenvalue weighted by Crippen LogP contribution is -2.13. The third-order valence-corrected chi connectivity index (χ3v) is 3.11. The van der Waals surface area contributed by atoms with Gasteiger partial charge < -0.3 is 9.47 Å². The van der Waals surface area contributed by atoms with Crippen LogP contribution in [0.25, 0.3) is 0 Å². The van der Waals surface area contributed by atoms with Gasteiger partial charge in [-0.05, 0) is 25.5 Å². The van der Waals surface area contributed by atoms with Gasteiger partial charge in [0, 0.05) is 6.54 Å². The first-order valence-electron chi connectivity index (χ1n) is 7.09. The molecule has 0 bridgehead atoms. The van der Waals surface area contributed by atoms with Crippen LogP contribution in [0.5, 0.6) is 11.5 Å². The quantitative estimate of drug-likeness (QED) is 0.735. The van der Waals surface area contributed by atoms with E-state index in [1.807, 2.05) is 26.0 Å². The van der Waals surface area contributed by atoms with Crippen molar-refractivity contribution in [2.45, 2.75) is 26.8 Å². The number of carbonyl (C=O) groups is 1. The summed E-state index contributed by atoms with van der Waals surface area (Å²) in [7, 11) is 1.54. The van der Waals surface area contributed by atoms with Crippen molar-refractivity contribution in [1.29, 1.82) is 0 Å². The third-order valence-electron chi connectivity index (χ3n) is 3.11. The minimum Gasteiger partial charge on any atom is -0.493 e. The van der Waals surface area contributed by atoms with Crippen molar-refractivity contribution in [3.8, 4) is 11.5 Å². The number of aromatic nitrogens is 2. The highest BCUT2D eigenvalue weighted by Crippen LogP contribution is 2.26. The smallest absolute Gasteiger partial charge is 0.218 e. The fourth-order valence-electron chi connectivity index (χ4n) is 2.19. The summed E-state index contributed by atoms with van der Waals surface area (Å²) in [6.45, 7) is 5.11. The molecule has 2 rings (SSSR count). The molecule has 0 spiro atoms. The summed E-state index contributed by atoms with van der Waals surface area (Å²) < 4.78 is 12.5. The summed E-state index contributed by atoms with van der Waals surface area (Å²) in [4.78, 5) is 12.9. The van der Waals surface area contributed by atoms with E-state index < -0.39 is 0 Å². The molecule has 0 N–H and O–H groups in total. The molecule has 2 aromatic rings. The Hall–Kier alpha value is -2.30. The molecular weight excluding hydrogens is 268 g/mol. The summed E-state index contributed by atoms with van der Waals surface area (Å²) in [5.41, 5.74) is 0.988. The third kappa shape index (κ3) is 3.07. The molecule has 0 atom stereocenters. The van der Waals surface area contributed by atoms with E-state index in [2.05, 4.69) is 5.10 Å². The predicted octanol–water partition coefficient (Wildman–Crippen LogP) is 2.93. The number of ether oxygens (including phenoxy) is 2. The van der Waals surface area contributed by atoms with E-state index in [4.69, 9.17) is 9.47 Å². The van der Waals surface area contributed by atoms with Crippen molar-refractivity contribution in [3.05, 3.63) is 41.7 Å². The van der Waals surface area contributed by atoms with E-state index in [0.29, 0.717) is 35.9 Å². The average molecular weight is 288 g/mol. The van der Waals surface area contributed by atoms with Gasteiger partial charge >= 0.3 is 0 Å². The van der Waals surface area contributed by atoms with Crippen LogP contribution in [0, 0.1) is 0 Å². The van der Waals surface area contributed by atoms with Crippen LogP contribution in [0.2, 0.25) is 0 Å². The second-order valence-electron chi connectivity index (χ2n) is 4.54. The molecule has 0 unspecified atom stereocenters. The van der Waals surface area contributed by atoms with Crippen LogP contribution >= 0.6 is 0 Å². The Kier molecular flexibility index (Phi) is 4.98. The molecule has 5 heteroatoms. The lowest BCUT2D eigenvalue weighted by molar-refractivity contribution is 0.102. The average Bonchev–Trinajstić information content (AvgIpc) is 2.91. The SMILES string of the molecule is CCCn1ncc(OC)c1C(=O)c1ccccc1OCC. The molecule has 5 nitrogen and oxygen atoms in total. The lowest BCUT2D eigenvalue weighted by atomic mass is 10.1. The number of benzene rings is 1. The number of ketones is 1. The Morgan fingerprint density at radius 1 is 1.24 bits per heavy atom. The zero-order valence-electron chi connectivity index (χ0n) is 12.6. The van der Waals surface area contributed by atoms with Gasteiger partial charge in [-0.25, -0.2) is 0 Å². The summed E-state index contributed by atoms with van der Waals surface area (Å²) in [5, 5.41) is 4.23. The maximum Gasteiger partial charge on any atom is 0.218 e. The minimum absolute atomic E-state index is 0.137. The van der Waals surface area contributed by atoms with E-state index in [9.17, 15) is 4.79 Å². The number of hydrogen-bond donors (Lipinski definition) is 0. The molecular formula is C16H20N2O3. The maximum atomic E-state index is 12.9. The molecule has 0 aliphatic heterocycles. The topological polar surface area (TPSA) is 53.4 Å². The molecule has 0 saturated heterocycles. The zero-order valence-corrected chi connectivity index (χ0v) is 12.6. The van der Waals surface area contributed by atoms with Crippen molar-refractivity contribution in [2.24, 2.45) is 0 Å². The van der Waals surface area contributed by atoms with Gasteiger partial charge in [-0.15, -0.1) is 0 Å². The number of rotatable bonds is 7. The van der Waals surface area contributed by atoms with E-state index in [-0.39, 0.29) is 5.78 Å². The van der Waals surface area contributed by atoms with Gasteiger partial charge in [-0.3, -0.25) is 9.48 Å². The highest BCUT2D eigenvalue weighted by Gasteiger charge is 2.23. The molecule has 0 amide bonds. The Bertz CT molecular complexity index is 620. The molecule has 0 aliphatic carbocycles. The molecule has 0 radical (unpaired) electrons. The van der Waals surface area contributed by atoms with Gasteiger partial charge in [-0.2, -0.15) is 5.10 Å². The van der Waals surface area contributed by atoms with Gasteiger partial charge in [0.25, 0.3) is 0 Å². The van der Waals surface area contributed by atoms with Crippen LogP contribution in [0.4, 0.5) is 0 Å². The van der Waals surface area contributed by atoms with E-state index in [1.54, 1.807) is 30.1 Å². The van der Waals surface area contributed by atoms with Gasteiger partial charge in [-0.1, -0.05) is 19.1 Å². The molecule has 1 aromatic heterocycles. The highest BCUT2D eigenvalue weighted by molar-refractivity contribution is 6.11. The summed E-state index contributed by atoms with van der Waals surface area (Å²) in [6, 6.07) is 7.23. The zero-order chi connectivity index (χ0) is 15.2. The monoisotopic (exact) mass is 288 g/mol. The molecule has 1 aromatic carbocycles. The number of methoxy groups -OCH3 is 1. The highest BCUT2D eigenvalue weighted by atomic mass is 16.5. The van der Waals surface area contributed by atoms with E-state index >= 15 is 0 Å². The number of nitrogens with zero attached hydrogens (tertiary/aromatic N) is 2. The van der Waals surface area contributed by atoms with Crippen LogP contribution < -0.4 is 9.47 Å². The fourth-order valence-corrected chi connectivity index (χ4v) is 2.19. The normalized spacial score (nSPS) is 10.4. The first-order valence-corrected chi connectivity index (χ1v) is 7.09. The number of hydrogen-bond acceptors (Lipinski definition) is 4. The van der Waals surface area contributed by atoms with Crippen molar-refractivity contribution in [2.75, 3.05) is 13.7 Å².